The molecule has 0 heterocycles. The number of unbranched alkanes of at least 4 members (excludes halogenated alkanes) is 1. The number of hydrogen-bond donors (Lipinski definition) is 1. The maximum Gasteiger partial charge on any atom is 0.343 e. The number of ether oxygens (including phenoxy) is 2. The Morgan fingerprint density at radius 3 is 2.39 bits per heavy atom. The fraction of sp³-hybridized carbons (Fsp3) is 0.250. The lowest BCUT2D eigenvalue weighted by Crippen LogP contribution is -2.21. The largest absolute Gasteiger partial charge is 0.462 e. The summed E-state index contributed by atoms with van der Waals surface area (Å²) < 4.78 is 23.5. The van der Waals surface area contributed by atoms with Crippen LogP contribution in [-0.4, -0.2) is 31.1 Å². The van der Waals surface area contributed by atoms with Gasteiger partial charge in [0.05, 0.1) is 17.2 Å². The maximum absolute atomic E-state index is 13.6. The molecule has 6 nitrogen and oxygen atoms in total. The predicted molar refractivity (Wildman–Crippen MR) is 102 cm³/mol. The minimum Gasteiger partial charge on any atom is -0.462 e. The summed E-state index contributed by atoms with van der Waals surface area (Å²) >= 11 is 5.77. The second-order valence-electron chi connectivity index (χ2n) is 5.79. The van der Waals surface area contributed by atoms with Crippen LogP contribution >= 0.6 is 11.6 Å². The lowest BCUT2D eigenvalue weighted by Gasteiger charge is -2.09. The second kappa shape index (κ2) is 10.4. The van der Waals surface area contributed by atoms with Crippen LogP contribution in [0.2, 0.25) is 5.02 Å². The van der Waals surface area contributed by atoms with Gasteiger partial charge in [-0.2, -0.15) is 0 Å². The van der Waals surface area contributed by atoms with Crippen molar-refractivity contribution in [2.24, 2.45) is 0 Å². The molecule has 0 aromatic heterocycles. The van der Waals surface area contributed by atoms with Crippen molar-refractivity contribution < 1.29 is 28.2 Å². The highest BCUT2D eigenvalue weighted by Gasteiger charge is 2.18. The van der Waals surface area contributed by atoms with Crippen molar-refractivity contribution >= 4 is 35.1 Å². The summed E-state index contributed by atoms with van der Waals surface area (Å²) in [6.07, 6.45) is 1.71. The van der Waals surface area contributed by atoms with Crippen LogP contribution in [0.1, 0.15) is 40.5 Å². The van der Waals surface area contributed by atoms with E-state index in [0.29, 0.717) is 17.9 Å². The van der Waals surface area contributed by atoms with Gasteiger partial charge >= 0.3 is 11.9 Å². The SMILES string of the molecule is CCCCOC(=O)c1ccc(NC(=O)COC(=O)c2c(F)cccc2Cl)cc1. The van der Waals surface area contributed by atoms with E-state index in [1.807, 2.05) is 6.92 Å². The fourth-order valence-corrected chi connectivity index (χ4v) is 2.42. The van der Waals surface area contributed by atoms with Gasteiger partial charge in [0.2, 0.25) is 0 Å². The first-order valence-electron chi connectivity index (χ1n) is 8.60. The number of halogens is 2. The Kier molecular flexibility index (Phi) is 7.95. The highest BCUT2D eigenvalue weighted by atomic mass is 35.5. The van der Waals surface area contributed by atoms with Gasteiger partial charge in [0.15, 0.2) is 6.61 Å². The molecule has 2 aromatic rings. The second-order valence-corrected chi connectivity index (χ2v) is 6.19. The number of rotatable bonds is 8. The van der Waals surface area contributed by atoms with E-state index in [1.165, 1.54) is 36.4 Å². The maximum atomic E-state index is 13.6. The lowest BCUT2D eigenvalue weighted by atomic mass is 10.2. The number of amides is 1. The van der Waals surface area contributed by atoms with Crippen LogP contribution in [0.3, 0.4) is 0 Å². The van der Waals surface area contributed by atoms with Gasteiger partial charge in [-0.1, -0.05) is 31.0 Å². The lowest BCUT2D eigenvalue weighted by molar-refractivity contribution is -0.119. The number of carbonyl (C=O) groups is 3. The van der Waals surface area contributed by atoms with Gasteiger partial charge in [0, 0.05) is 5.69 Å². The van der Waals surface area contributed by atoms with Gasteiger partial charge in [-0.15, -0.1) is 0 Å². The molecule has 0 spiro atoms. The van der Waals surface area contributed by atoms with Crippen LogP contribution in [0.15, 0.2) is 42.5 Å². The molecule has 0 aliphatic rings. The first-order chi connectivity index (χ1) is 13.4. The number of carbonyl (C=O) groups excluding carboxylic acids is 3. The summed E-state index contributed by atoms with van der Waals surface area (Å²) in [5.74, 6) is -2.94. The van der Waals surface area contributed by atoms with E-state index in [1.54, 1.807) is 0 Å². The van der Waals surface area contributed by atoms with E-state index < -0.39 is 35.8 Å². The Labute approximate surface area is 166 Å². The normalized spacial score (nSPS) is 10.2. The summed E-state index contributed by atoms with van der Waals surface area (Å²) in [6, 6.07) is 9.82. The van der Waals surface area contributed by atoms with Crippen molar-refractivity contribution in [2.45, 2.75) is 19.8 Å². The monoisotopic (exact) mass is 407 g/mol. The van der Waals surface area contributed by atoms with Crippen LogP contribution in [-0.2, 0) is 14.3 Å². The topological polar surface area (TPSA) is 81.7 Å². The molecule has 0 atom stereocenters. The molecule has 0 radical (unpaired) electrons. The van der Waals surface area contributed by atoms with Crippen LogP contribution in [0.5, 0.6) is 0 Å². The highest BCUT2D eigenvalue weighted by molar-refractivity contribution is 6.33. The van der Waals surface area contributed by atoms with Crippen molar-refractivity contribution in [2.75, 3.05) is 18.5 Å². The Balaban J connectivity index is 1.86. The van der Waals surface area contributed by atoms with Gasteiger partial charge in [0.1, 0.15) is 11.4 Å². The molecule has 0 fully saturated rings. The quantitative estimate of drug-likeness (QED) is 0.523. The molecular formula is C20H19ClFNO5. The smallest absolute Gasteiger partial charge is 0.343 e. The number of anilines is 1. The van der Waals surface area contributed by atoms with Gasteiger partial charge in [0.25, 0.3) is 5.91 Å². The first kappa shape index (κ1) is 21.4. The van der Waals surface area contributed by atoms with Gasteiger partial charge < -0.3 is 14.8 Å². The van der Waals surface area contributed by atoms with E-state index in [4.69, 9.17) is 21.1 Å². The van der Waals surface area contributed by atoms with E-state index in [9.17, 15) is 18.8 Å². The summed E-state index contributed by atoms with van der Waals surface area (Å²) in [5, 5.41) is 2.40. The molecule has 148 valence electrons. The van der Waals surface area contributed by atoms with Crippen molar-refractivity contribution in [3.05, 3.63) is 64.4 Å². The average Bonchev–Trinajstić information content (AvgIpc) is 2.67. The Hall–Kier alpha value is -2.93. The molecule has 8 heteroatoms. The molecular weight excluding hydrogens is 389 g/mol. The minimum absolute atomic E-state index is 0.105. The number of nitrogens with one attached hydrogen (secondary N) is 1. The van der Waals surface area contributed by atoms with Crippen LogP contribution in [0.25, 0.3) is 0 Å². The fourth-order valence-electron chi connectivity index (χ4n) is 2.18. The Morgan fingerprint density at radius 1 is 1.04 bits per heavy atom. The summed E-state index contributed by atoms with van der Waals surface area (Å²) in [7, 11) is 0. The zero-order chi connectivity index (χ0) is 20.5. The summed E-state index contributed by atoms with van der Waals surface area (Å²) in [4.78, 5) is 35.6. The van der Waals surface area contributed by atoms with E-state index in [2.05, 4.69) is 5.32 Å². The number of esters is 2. The number of hydrogen-bond acceptors (Lipinski definition) is 5. The molecule has 1 amide bonds. The molecule has 2 rings (SSSR count). The first-order valence-corrected chi connectivity index (χ1v) is 8.98. The molecule has 28 heavy (non-hydrogen) atoms. The molecule has 1 N–H and O–H groups in total. The molecule has 2 aromatic carbocycles. The Morgan fingerprint density at radius 2 is 1.75 bits per heavy atom. The highest BCUT2D eigenvalue weighted by Crippen LogP contribution is 2.19. The average molecular weight is 408 g/mol. The van der Waals surface area contributed by atoms with Crippen molar-refractivity contribution in [3.8, 4) is 0 Å². The van der Waals surface area contributed by atoms with Gasteiger partial charge in [-0.25, -0.2) is 14.0 Å². The van der Waals surface area contributed by atoms with Crippen LogP contribution in [0, 0.1) is 5.82 Å². The molecule has 0 aliphatic carbocycles. The third kappa shape index (κ3) is 6.06. The predicted octanol–water partition coefficient (Wildman–Crippen LogP) is 4.23. The van der Waals surface area contributed by atoms with Crippen molar-refractivity contribution in [1.82, 2.24) is 0 Å². The van der Waals surface area contributed by atoms with Crippen LogP contribution in [0.4, 0.5) is 10.1 Å². The van der Waals surface area contributed by atoms with Gasteiger partial charge in [-0.05, 0) is 42.8 Å². The van der Waals surface area contributed by atoms with Crippen molar-refractivity contribution in [1.29, 1.82) is 0 Å². The molecule has 0 aliphatic heterocycles. The van der Waals surface area contributed by atoms with E-state index in [0.717, 1.165) is 18.9 Å². The third-order valence-corrected chi connectivity index (χ3v) is 3.95. The Bertz CT molecular complexity index is 834. The zero-order valence-electron chi connectivity index (χ0n) is 15.2. The molecule has 0 unspecified atom stereocenters. The van der Waals surface area contributed by atoms with E-state index in [-0.39, 0.29) is 5.02 Å². The minimum atomic E-state index is -1.04. The summed E-state index contributed by atoms with van der Waals surface area (Å²) in [6.45, 7) is 1.73. The van der Waals surface area contributed by atoms with E-state index >= 15 is 0 Å². The standard InChI is InChI=1S/C20H19ClFNO5/c1-2-3-11-27-19(25)13-7-9-14(10-8-13)23-17(24)12-28-20(26)18-15(21)5-4-6-16(18)22/h4-10H,2-3,11-12H2,1H3,(H,23,24). The van der Waals surface area contributed by atoms with Crippen molar-refractivity contribution in [3.63, 3.8) is 0 Å². The van der Waals surface area contributed by atoms with Crippen LogP contribution < -0.4 is 5.32 Å². The molecule has 0 saturated heterocycles. The zero-order valence-corrected chi connectivity index (χ0v) is 15.9. The summed E-state index contributed by atoms with van der Waals surface area (Å²) in [5.41, 5.74) is 0.327. The third-order valence-electron chi connectivity index (χ3n) is 3.64. The molecule has 0 saturated carbocycles. The number of benzene rings is 2. The molecule has 0 bridgehead atoms. The van der Waals surface area contributed by atoms with Gasteiger partial charge in [-0.3, -0.25) is 4.79 Å².